The summed E-state index contributed by atoms with van der Waals surface area (Å²) in [4.78, 5) is 13.6. The molecule has 2 rings (SSSR count). The molecule has 2 aromatic rings. The van der Waals surface area contributed by atoms with E-state index in [-0.39, 0.29) is 5.91 Å². The number of aryl methyl sites for hydroxylation is 2. The Bertz CT molecular complexity index is 672. The van der Waals surface area contributed by atoms with Crippen molar-refractivity contribution in [3.05, 3.63) is 51.2 Å². The Hall–Kier alpha value is -2.09. The average molecular weight is 284 g/mol. The van der Waals surface area contributed by atoms with Crippen molar-refractivity contribution in [1.82, 2.24) is 0 Å². The molecular formula is C16H16N2OS. The van der Waals surface area contributed by atoms with E-state index in [0.29, 0.717) is 11.4 Å². The molecule has 4 heteroatoms. The van der Waals surface area contributed by atoms with Crippen LogP contribution in [0.1, 0.15) is 25.7 Å². The van der Waals surface area contributed by atoms with E-state index in [1.807, 2.05) is 32.0 Å². The van der Waals surface area contributed by atoms with Crippen molar-refractivity contribution in [2.75, 3.05) is 11.9 Å². The van der Waals surface area contributed by atoms with Crippen molar-refractivity contribution < 1.29 is 4.79 Å². The number of hydrogen-bond donors (Lipinski definition) is 2. The summed E-state index contributed by atoms with van der Waals surface area (Å²) in [6.45, 7) is 4.34. The van der Waals surface area contributed by atoms with Crippen LogP contribution in [0.15, 0.2) is 30.3 Å². The number of benzene rings is 1. The van der Waals surface area contributed by atoms with Crippen LogP contribution in [0.5, 0.6) is 0 Å². The summed E-state index contributed by atoms with van der Waals surface area (Å²) in [6.07, 6.45) is 0. The van der Waals surface area contributed by atoms with Gasteiger partial charge in [0.1, 0.15) is 0 Å². The fourth-order valence-corrected chi connectivity index (χ4v) is 2.68. The lowest BCUT2D eigenvalue weighted by atomic mass is 10.1. The molecule has 20 heavy (non-hydrogen) atoms. The summed E-state index contributed by atoms with van der Waals surface area (Å²) >= 11 is 1.37. The summed E-state index contributed by atoms with van der Waals surface area (Å²) in [5, 5.41) is 2.91. The molecule has 1 heterocycles. The number of hydrogen-bond acceptors (Lipinski definition) is 3. The van der Waals surface area contributed by atoms with Crippen molar-refractivity contribution >= 4 is 22.9 Å². The third kappa shape index (κ3) is 3.70. The SMILES string of the molecule is Cc1cc(C)cc(NC(=O)c2ccc(C#CCN)s2)c1. The molecule has 0 saturated heterocycles. The van der Waals surface area contributed by atoms with Crippen LogP contribution >= 0.6 is 11.3 Å². The van der Waals surface area contributed by atoms with Gasteiger partial charge in [-0.1, -0.05) is 17.9 Å². The van der Waals surface area contributed by atoms with E-state index < -0.39 is 0 Å². The molecule has 0 unspecified atom stereocenters. The van der Waals surface area contributed by atoms with Crippen LogP contribution in [0.3, 0.4) is 0 Å². The van der Waals surface area contributed by atoms with E-state index in [1.165, 1.54) is 11.3 Å². The van der Waals surface area contributed by atoms with Crippen molar-refractivity contribution in [1.29, 1.82) is 0 Å². The van der Waals surface area contributed by atoms with Crippen LogP contribution in [0.25, 0.3) is 0 Å². The summed E-state index contributed by atoms with van der Waals surface area (Å²) in [5.74, 6) is 5.59. The number of carbonyl (C=O) groups is 1. The molecule has 1 aromatic carbocycles. The predicted molar refractivity (Wildman–Crippen MR) is 84.1 cm³/mol. The number of thiophene rings is 1. The number of amides is 1. The number of rotatable bonds is 2. The summed E-state index contributed by atoms with van der Waals surface area (Å²) < 4.78 is 0. The molecule has 0 spiro atoms. The lowest BCUT2D eigenvalue weighted by molar-refractivity contribution is 0.103. The minimum absolute atomic E-state index is 0.110. The van der Waals surface area contributed by atoms with Crippen LogP contribution in [-0.2, 0) is 0 Å². The van der Waals surface area contributed by atoms with Gasteiger partial charge in [0.2, 0.25) is 0 Å². The zero-order valence-corrected chi connectivity index (χ0v) is 12.3. The Morgan fingerprint density at radius 1 is 1.25 bits per heavy atom. The monoisotopic (exact) mass is 284 g/mol. The Labute approximate surface area is 122 Å². The van der Waals surface area contributed by atoms with Gasteiger partial charge in [0.05, 0.1) is 16.3 Å². The minimum atomic E-state index is -0.110. The quantitative estimate of drug-likeness (QED) is 0.833. The lowest BCUT2D eigenvalue weighted by Crippen LogP contribution is -2.10. The van der Waals surface area contributed by atoms with Crippen molar-refractivity contribution in [2.24, 2.45) is 5.73 Å². The van der Waals surface area contributed by atoms with Crippen LogP contribution in [0.2, 0.25) is 0 Å². The average Bonchev–Trinajstić information content (AvgIpc) is 2.83. The van der Waals surface area contributed by atoms with Gasteiger partial charge < -0.3 is 11.1 Å². The highest BCUT2D eigenvalue weighted by molar-refractivity contribution is 7.14. The van der Waals surface area contributed by atoms with Gasteiger partial charge in [-0.3, -0.25) is 4.79 Å². The Balaban J connectivity index is 2.13. The maximum absolute atomic E-state index is 12.2. The lowest BCUT2D eigenvalue weighted by Gasteiger charge is -2.06. The van der Waals surface area contributed by atoms with Crippen molar-refractivity contribution in [3.8, 4) is 11.8 Å². The minimum Gasteiger partial charge on any atom is -0.321 e. The van der Waals surface area contributed by atoms with E-state index in [4.69, 9.17) is 5.73 Å². The normalized spacial score (nSPS) is 9.75. The van der Waals surface area contributed by atoms with Gasteiger partial charge >= 0.3 is 0 Å². The molecule has 1 amide bonds. The molecule has 3 nitrogen and oxygen atoms in total. The molecule has 3 N–H and O–H groups in total. The fourth-order valence-electron chi connectivity index (χ4n) is 1.90. The highest BCUT2D eigenvalue weighted by atomic mass is 32.1. The highest BCUT2D eigenvalue weighted by Gasteiger charge is 2.09. The summed E-state index contributed by atoms with van der Waals surface area (Å²) in [7, 11) is 0. The number of nitrogens with one attached hydrogen (secondary N) is 1. The first-order chi connectivity index (χ1) is 9.58. The molecule has 0 atom stereocenters. The van der Waals surface area contributed by atoms with Crippen LogP contribution < -0.4 is 11.1 Å². The molecule has 1 aromatic heterocycles. The van der Waals surface area contributed by atoms with E-state index in [2.05, 4.69) is 23.2 Å². The first-order valence-corrected chi connectivity index (χ1v) is 7.08. The molecule has 0 aliphatic heterocycles. The molecule has 102 valence electrons. The number of carbonyl (C=O) groups excluding carboxylic acids is 1. The van der Waals surface area contributed by atoms with Gasteiger partial charge in [-0.2, -0.15) is 0 Å². The van der Waals surface area contributed by atoms with Gasteiger partial charge in [-0.15, -0.1) is 11.3 Å². The first-order valence-electron chi connectivity index (χ1n) is 6.27. The zero-order valence-electron chi connectivity index (χ0n) is 11.5. The molecule has 0 radical (unpaired) electrons. The standard InChI is InChI=1S/C16H16N2OS/c1-11-8-12(2)10-13(9-11)18-16(19)15-6-5-14(20-15)4-3-7-17/h5-6,8-10H,7,17H2,1-2H3,(H,18,19). The van der Waals surface area contributed by atoms with Crippen LogP contribution in [0.4, 0.5) is 5.69 Å². The molecule has 0 fully saturated rings. The summed E-state index contributed by atoms with van der Waals surface area (Å²) in [6, 6.07) is 9.59. The van der Waals surface area contributed by atoms with E-state index in [9.17, 15) is 4.79 Å². The Morgan fingerprint density at radius 3 is 2.60 bits per heavy atom. The molecular weight excluding hydrogens is 268 g/mol. The van der Waals surface area contributed by atoms with E-state index in [1.54, 1.807) is 6.07 Å². The maximum Gasteiger partial charge on any atom is 0.265 e. The second-order valence-corrected chi connectivity index (χ2v) is 5.58. The van der Waals surface area contributed by atoms with Gasteiger partial charge in [-0.25, -0.2) is 0 Å². The van der Waals surface area contributed by atoms with Gasteiger partial charge in [-0.05, 0) is 49.2 Å². The Kier molecular flexibility index (Phi) is 4.57. The third-order valence-electron chi connectivity index (χ3n) is 2.62. The van der Waals surface area contributed by atoms with Crippen LogP contribution in [0, 0.1) is 25.7 Å². The Morgan fingerprint density at radius 2 is 1.95 bits per heavy atom. The van der Waals surface area contributed by atoms with E-state index >= 15 is 0 Å². The smallest absolute Gasteiger partial charge is 0.265 e. The fraction of sp³-hybridized carbons (Fsp3) is 0.188. The third-order valence-corrected chi connectivity index (χ3v) is 3.62. The second-order valence-electron chi connectivity index (χ2n) is 4.50. The van der Waals surface area contributed by atoms with Gasteiger partial charge in [0, 0.05) is 5.69 Å². The van der Waals surface area contributed by atoms with Crippen molar-refractivity contribution in [2.45, 2.75) is 13.8 Å². The van der Waals surface area contributed by atoms with Gasteiger partial charge in [0.15, 0.2) is 0 Å². The topological polar surface area (TPSA) is 55.1 Å². The number of nitrogens with two attached hydrogens (primary N) is 1. The van der Waals surface area contributed by atoms with Crippen LogP contribution in [-0.4, -0.2) is 12.5 Å². The van der Waals surface area contributed by atoms with Crippen molar-refractivity contribution in [3.63, 3.8) is 0 Å². The molecule has 0 bridgehead atoms. The zero-order chi connectivity index (χ0) is 14.5. The molecule has 0 aliphatic carbocycles. The molecule has 0 aliphatic rings. The molecule has 0 saturated carbocycles. The van der Waals surface area contributed by atoms with E-state index in [0.717, 1.165) is 21.7 Å². The second kappa shape index (κ2) is 6.38. The highest BCUT2D eigenvalue weighted by Crippen LogP contribution is 2.19. The number of anilines is 1. The first kappa shape index (κ1) is 14.3. The summed E-state index contributed by atoms with van der Waals surface area (Å²) in [5.41, 5.74) is 8.39. The predicted octanol–water partition coefficient (Wildman–Crippen LogP) is 2.93. The maximum atomic E-state index is 12.2. The van der Waals surface area contributed by atoms with Gasteiger partial charge in [0.25, 0.3) is 5.91 Å². The largest absolute Gasteiger partial charge is 0.321 e.